The van der Waals surface area contributed by atoms with Crippen molar-refractivity contribution in [2.75, 3.05) is 23.3 Å². The number of anilines is 3. The van der Waals surface area contributed by atoms with Crippen LogP contribution >= 0.6 is 0 Å². The van der Waals surface area contributed by atoms with Crippen molar-refractivity contribution in [3.05, 3.63) is 60.7 Å². The minimum absolute atomic E-state index is 0.190. The molecule has 0 bridgehead atoms. The standard InChI is InChI=1S/C21H21N7O2/c29-16-3-1-14(2-4-16)21(30)7-11-28(12-8-21)20-26-18-17(23-13-24-18)19(27-20)25-15-5-9-22-10-6-15/h1-6,9-10,13,29-30H,7-8,11-12H2,(H2,22,23,24,25,26,27). The van der Waals surface area contributed by atoms with Crippen LogP contribution in [0.3, 0.4) is 0 Å². The van der Waals surface area contributed by atoms with Crippen LogP contribution in [0.1, 0.15) is 18.4 Å². The molecule has 5 rings (SSSR count). The van der Waals surface area contributed by atoms with E-state index in [4.69, 9.17) is 4.98 Å². The first kappa shape index (κ1) is 18.3. The van der Waals surface area contributed by atoms with Crippen molar-refractivity contribution in [3.8, 4) is 5.75 Å². The number of phenolic OH excluding ortho intramolecular Hbond substituents is 1. The zero-order valence-corrected chi connectivity index (χ0v) is 16.2. The number of rotatable bonds is 4. The summed E-state index contributed by atoms with van der Waals surface area (Å²) in [5, 5.41) is 23.9. The van der Waals surface area contributed by atoms with Gasteiger partial charge < -0.3 is 25.4 Å². The Hall–Kier alpha value is -3.72. The van der Waals surface area contributed by atoms with E-state index in [1.165, 1.54) is 0 Å². The maximum absolute atomic E-state index is 11.1. The van der Waals surface area contributed by atoms with Crippen molar-refractivity contribution in [2.45, 2.75) is 18.4 Å². The third kappa shape index (κ3) is 3.39. The van der Waals surface area contributed by atoms with Crippen LogP contribution in [0.2, 0.25) is 0 Å². The quantitative estimate of drug-likeness (QED) is 0.410. The smallest absolute Gasteiger partial charge is 0.229 e. The Balaban J connectivity index is 1.40. The number of H-pyrrole nitrogens is 1. The van der Waals surface area contributed by atoms with E-state index in [1.807, 2.05) is 12.1 Å². The monoisotopic (exact) mass is 403 g/mol. The largest absolute Gasteiger partial charge is 0.508 e. The first-order chi connectivity index (χ1) is 14.6. The molecule has 1 fully saturated rings. The molecule has 4 heterocycles. The molecule has 30 heavy (non-hydrogen) atoms. The number of phenols is 1. The number of pyridine rings is 1. The van der Waals surface area contributed by atoms with Gasteiger partial charge in [0.05, 0.1) is 11.9 Å². The SMILES string of the molecule is Oc1ccc(C2(O)CCN(c3nc(Nc4ccncc4)c4[nH]cnc4n3)CC2)cc1. The second-order valence-electron chi connectivity index (χ2n) is 7.40. The molecule has 3 aromatic heterocycles. The Morgan fingerprint density at radius 1 is 1.00 bits per heavy atom. The number of imidazole rings is 1. The predicted molar refractivity (Wildman–Crippen MR) is 113 cm³/mol. The van der Waals surface area contributed by atoms with Crippen molar-refractivity contribution in [1.82, 2.24) is 24.9 Å². The first-order valence-electron chi connectivity index (χ1n) is 9.76. The van der Waals surface area contributed by atoms with Gasteiger partial charge in [-0.15, -0.1) is 0 Å². The fraction of sp³-hybridized carbons (Fsp3) is 0.238. The molecule has 1 aliphatic rings. The number of hydrogen-bond acceptors (Lipinski definition) is 8. The molecular formula is C21H21N7O2. The molecule has 0 atom stereocenters. The average molecular weight is 403 g/mol. The molecule has 4 aromatic rings. The molecule has 152 valence electrons. The lowest BCUT2D eigenvalue weighted by atomic mass is 9.84. The normalized spacial score (nSPS) is 16.0. The molecule has 0 radical (unpaired) electrons. The summed E-state index contributed by atoms with van der Waals surface area (Å²) in [5.41, 5.74) is 2.05. The molecule has 0 amide bonds. The van der Waals surface area contributed by atoms with E-state index in [0.717, 1.165) is 16.8 Å². The van der Waals surface area contributed by atoms with Crippen LogP contribution in [-0.2, 0) is 5.60 Å². The van der Waals surface area contributed by atoms with E-state index in [-0.39, 0.29) is 5.75 Å². The van der Waals surface area contributed by atoms with Crippen molar-refractivity contribution >= 4 is 28.6 Å². The molecule has 0 spiro atoms. The summed E-state index contributed by atoms with van der Waals surface area (Å²) in [6.45, 7) is 1.20. The number of nitrogens with one attached hydrogen (secondary N) is 2. The minimum atomic E-state index is -0.932. The summed E-state index contributed by atoms with van der Waals surface area (Å²) >= 11 is 0. The van der Waals surface area contributed by atoms with E-state index in [0.29, 0.717) is 43.3 Å². The minimum Gasteiger partial charge on any atom is -0.508 e. The van der Waals surface area contributed by atoms with Crippen LogP contribution in [0.15, 0.2) is 55.1 Å². The number of aromatic hydroxyl groups is 1. The van der Waals surface area contributed by atoms with E-state index in [1.54, 1.807) is 43.0 Å². The maximum Gasteiger partial charge on any atom is 0.229 e. The summed E-state index contributed by atoms with van der Waals surface area (Å²) in [5.74, 6) is 1.40. The third-order valence-electron chi connectivity index (χ3n) is 5.49. The van der Waals surface area contributed by atoms with Crippen LogP contribution in [0, 0.1) is 0 Å². The zero-order valence-electron chi connectivity index (χ0n) is 16.2. The fourth-order valence-corrected chi connectivity index (χ4v) is 3.76. The zero-order chi connectivity index (χ0) is 20.6. The number of aromatic nitrogens is 5. The van der Waals surface area contributed by atoms with Crippen LogP contribution in [0.4, 0.5) is 17.5 Å². The summed E-state index contributed by atoms with van der Waals surface area (Å²) in [6.07, 6.45) is 6.09. The summed E-state index contributed by atoms with van der Waals surface area (Å²) in [7, 11) is 0. The summed E-state index contributed by atoms with van der Waals surface area (Å²) < 4.78 is 0. The summed E-state index contributed by atoms with van der Waals surface area (Å²) in [6, 6.07) is 10.5. The van der Waals surface area contributed by atoms with Gasteiger partial charge in [0.2, 0.25) is 5.95 Å². The predicted octanol–water partition coefficient (Wildman–Crippen LogP) is 2.69. The number of fused-ring (bicyclic) bond motifs is 1. The Kier molecular flexibility index (Phi) is 4.44. The average Bonchev–Trinajstić information content (AvgIpc) is 3.24. The van der Waals surface area contributed by atoms with Gasteiger partial charge in [0.25, 0.3) is 0 Å². The Labute approximate surface area is 172 Å². The molecule has 9 nitrogen and oxygen atoms in total. The number of hydrogen-bond donors (Lipinski definition) is 4. The highest BCUT2D eigenvalue weighted by atomic mass is 16.3. The van der Waals surface area contributed by atoms with Gasteiger partial charge in [0.15, 0.2) is 11.5 Å². The van der Waals surface area contributed by atoms with Gasteiger partial charge in [-0.25, -0.2) is 4.98 Å². The van der Waals surface area contributed by atoms with Gasteiger partial charge in [-0.3, -0.25) is 4.98 Å². The van der Waals surface area contributed by atoms with Crippen LogP contribution in [-0.4, -0.2) is 48.2 Å². The van der Waals surface area contributed by atoms with Crippen LogP contribution in [0.25, 0.3) is 11.2 Å². The molecule has 0 saturated carbocycles. The Morgan fingerprint density at radius 3 is 2.47 bits per heavy atom. The maximum atomic E-state index is 11.1. The van der Waals surface area contributed by atoms with Crippen molar-refractivity contribution < 1.29 is 10.2 Å². The lowest BCUT2D eigenvalue weighted by molar-refractivity contribution is 0.0115. The lowest BCUT2D eigenvalue weighted by Crippen LogP contribution is -2.43. The lowest BCUT2D eigenvalue weighted by Gasteiger charge is -2.38. The molecule has 9 heteroatoms. The van der Waals surface area contributed by atoms with Crippen molar-refractivity contribution in [3.63, 3.8) is 0 Å². The van der Waals surface area contributed by atoms with E-state index >= 15 is 0 Å². The van der Waals surface area contributed by atoms with Crippen molar-refractivity contribution in [2.24, 2.45) is 0 Å². The molecule has 1 aromatic carbocycles. The number of nitrogens with zero attached hydrogens (tertiary/aromatic N) is 5. The second kappa shape index (κ2) is 7.27. The van der Waals surface area contributed by atoms with Gasteiger partial charge in [0, 0.05) is 31.2 Å². The third-order valence-corrected chi connectivity index (χ3v) is 5.49. The van der Waals surface area contributed by atoms with E-state index in [9.17, 15) is 10.2 Å². The van der Waals surface area contributed by atoms with Gasteiger partial charge in [-0.05, 0) is 42.7 Å². The Morgan fingerprint density at radius 2 is 1.73 bits per heavy atom. The molecule has 1 aliphatic heterocycles. The van der Waals surface area contributed by atoms with Gasteiger partial charge in [-0.1, -0.05) is 12.1 Å². The fourth-order valence-electron chi connectivity index (χ4n) is 3.76. The Bertz CT molecular complexity index is 1150. The first-order valence-corrected chi connectivity index (χ1v) is 9.76. The molecule has 1 saturated heterocycles. The highest BCUT2D eigenvalue weighted by Crippen LogP contribution is 2.35. The van der Waals surface area contributed by atoms with Crippen LogP contribution in [0.5, 0.6) is 5.75 Å². The van der Waals surface area contributed by atoms with Crippen molar-refractivity contribution in [1.29, 1.82) is 0 Å². The van der Waals surface area contributed by atoms with Gasteiger partial charge >= 0.3 is 0 Å². The molecule has 0 unspecified atom stereocenters. The highest BCUT2D eigenvalue weighted by Gasteiger charge is 2.35. The summed E-state index contributed by atoms with van der Waals surface area (Å²) in [4.78, 5) is 22.8. The molecule has 4 N–H and O–H groups in total. The molecular weight excluding hydrogens is 382 g/mol. The van der Waals surface area contributed by atoms with Gasteiger partial charge in [0.1, 0.15) is 11.3 Å². The highest BCUT2D eigenvalue weighted by molar-refractivity contribution is 5.86. The second-order valence-corrected chi connectivity index (χ2v) is 7.40. The van der Waals surface area contributed by atoms with E-state index in [2.05, 4.69) is 30.2 Å². The number of aliphatic hydroxyl groups is 1. The van der Waals surface area contributed by atoms with E-state index < -0.39 is 5.60 Å². The number of piperidine rings is 1. The van der Waals surface area contributed by atoms with Crippen LogP contribution < -0.4 is 10.2 Å². The topological polar surface area (TPSA) is 123 Å². The van der Waals surface area contributed by atoms with Gasteiger partial charge in [-0.2, -0.15) is 9.97 Å². The number of aromatic amines is 1. The molecule has 0 aliphatic carbocycles. The number of benzene rings is 1.